The van der Waals surface area contributed by atoms with Crippen LogP contribution in [0.2, 0.25) is 0 Å². The van der Waals surface area contributed by atoms with Gasteiger partial charge < -0.3 is 5.32 Å². The van der Waals surface area contributed by atoms with Crippen molar-refractivity contribution >= 4 is 21.4 Å². The lowest BCUT2D eigenvalue weighted by atomic mass is 10.3. The normalized spacial score (nSPS) is 12.0. The summed E-state index contributed by atoms with van der Waals surface area (Å²) in [6.45, 7) is 0. The van der Waals surface area contributed by atoms with Gasteiger partial charge in [0.1, 0.15) is 5.69 Å². The van der Waals surface area contributed by atoms with E-state index in [1.807, 2.05) is 0 Å². The highest BCUT2D eigenvalue weighted by Gasteiger charge is 2.33. The number of anilines is 1. The van der Waals surface area contributed by atoms with Crippen LogP contribution in [0.3, 0.4) is 0 Å². The standard InChI is InChI=1S/C13H10F3N3O3S/c1-23(21,22)9-4-2-8(3-5-9)18-12(20)11-17-7-6-10(19-11)13(14,15)16/h2-7H,1H3,(H,18,20). The van der Waals surface area contributed by atoms with Crippen molar-refractivity contribution in [1.29, 1.82) is 0 Å². The smallest absolute Gasteiger partial charge is 0.319 e. The van der Waals surface area contributed by atoms with E-state index in [1.54, 1.807) is 0 Å². The molecule has 0 saturated carbocycles. The Bertz CT molecular complexity index is 834. The summed E-state index contributed by atoms with van der Waals surface area (Å²) in [5, 5.41) is 2.29. The molecule has 1 aromatic carbocycles. The Morgan fingerprint density at radius 3 is 2.26 bits per heavy atom. The largest absolute Gasteiger partial charge is 0.433 e. The first kappa shape index (κ1) is 16.9. The van der Waals surface area contributed by atoms with E-state index in [1.165, 1.54) is 24.3 Å². The number of hydrogen-bond donors (Lipinski definition) is 1. The van der Waals surface area contributed by atoms with Gasteiger partial charge in [-0.15, -0.1) is 0 Å². The molecule has 0 spiro atoms. The van der Waals surface area contributed by atoms with Gasteiger partial charge in [0, 0.05) is 18.1 Å². The van der Waals surface area contributed by atoms with Crippen molar-refractivity contribution in [3.8, 4) is 0 Å². The van der Waals surface area contributed by atoms with Crippen molar-refractivity contribution in [2.45, 2.75) is 11.1 Å². The monoisotopic (exact) mass is 345 g/mol. The van der Waals surface area contributed by atoms with Gasteiger partial charge in [-0.05, 0) is 30.3 Å². The third-order valence-corrected chi connectivity index (χ3v) is 3.82. The molecule has 0 unspecified atom stereocenters. The quantitative estimate of drug-likeness (QED) is 0.921. The number of halogens is 3. The fourth-order valence-electron chi connectivity index (χ4n) is 1.60. The van der Waals surface area contributed by atoms with Crippen LogP contribution in [-0.4, -0.2) is 30.5 Å². The van der Waals surface area contributed by atoms with E-state index in [-0.39, 0.29) is 10.6 Å². The van der Waals surface area contributed by atoms with Crippen molar-refractivity contribution < 1.29 is 26.4 Å². The van der Waals surface area contributed by atoms with Crippen LogP contribution in [0, 0.1) is 0 Å². The van der Waals surface area contributed by atoms with Crippen LogP contribution < -0.4 is 5.32 Å². The van der Waals surface area contributed by atoms with Crippen LogP contribution in [0.5, 0.6) is 0 Å². The lowest BCUT2D eigenvalue weighted by Gasteiger charge is -2.08. The average Bonchev–Trinajstić information content (AvgIpc) is 2.46. The van der Waals surface area contributed by atoms with Crippen molar-refractivity contribution in [2.75, 3.05) is 11.6 Å². The van der Waals surface area contributed by atoms with Crippen LogP contribution in [0.25, 0.3) is 0 Å². The molecule has 2 rings (SSSR count). The maximum absolute atomic E-state index is 12.5. The number of rotatable bonds is 3. The summed E-state index contributed by atoms with van der Waals surface area (Å²) < 4.78 is 60.2. The maximum Gasteiger partial charge on any atom is 0.433 e. The highest BCUT2D eigenvalue weighted by Crippen LogP contribution is 2.27. The highest BCUT2D eigenvalue weighted by atomic mass is 32.2. The van der Waals surface area contributed by atoms with Crippen molar-refractivity contribution in [2.24, 2.45) is 0 Å². The second-order valence-corrected chi connectivity index (χ2v) is 6.53. The fourth-order valence-corrected chi connectivity index (χ4v) is 2.23. The molecule has 0 saturated heterocycles. The van der Waals surface area contributed by atoms with Crippen LogP contribution in [0.1, 0.15) is 16.3 Å². The molecule has 0 atom stereocenters. The Kier molecular flexibility index (Phi) is 4.37. The highest BCUT2D eigenvalue weighted by molar-refractivity contribution is 7.90. The SMILES string of the molecule is CS(=O)(=O)c1ccc(NC(=O)c2nccc(C(F)(F)F)n2)cc1. The van der Waals surface area contributed by atoms with Gasteiger partial charge in [-0.1, -0.05) is 0 Å². The Labute approximate surface area is 129 Å². The Morgan fingerprint density at radius 1 is 1.13 bits per heavy atom. The fraction of sp³-hybridized carbons (Fsp3) is 0.154. The molecule has 2 aromatic rings. The molecule has 1 heterocycles. The number of nitrogens with one attached hydrogen (secondary N) is 1. The van der Waals surface area contributed by atoms with Crippen LogP contribution in [0.15, 0.2) is 41.4 Å². The molecule has 1 N–H and O–H groups in total. The Morgan fingerprint density at radius 2 is 1.74 bits per heavy atom. The van der Waals surface area contributed by atoms with E-state index < -0.39 is 33.4 Å². The van der Waals surface area contributed by atoms with Crippen molar-refractivity contribution in [3.05, 3.63) is 48.0 Å². The molecule has 1 aromatic heterocycles. The van der Waals surface area contributed by atoms with Crippen molar-refractivity contribution in [3.63, 3.8) is 0 Å². The zero-order valence-corrected chi connectivity index (χ0v) is 12.4. The molecule has 0 fully saturated rings. The summed E-state index contributed by atoms with van der Waals surface area (Å²) in [5.74, 6) is -1.59. The van der Waals surface area contributed by atoms with Gasteiger partial charge in [0.25, 0.3) is 5.91 Å². The first-order valence-corrected chi connectivity index (χ1v) is 7.98. The molecule has 122 valence electrons. The van der Waals surface area contributed by atoms with Gasteiger partial charge in [-0.25, -0.2) is 18.4 Å². The minimum Gasteiger partial charge on any atom is -0.319 e. The van der Waals surface area contributed by atoms with E-state index in [4.69, 9.17) is 0 Å². The summed E-state index contributed by atoms with van der Waals surface area (Å²) in [6.07, 6.45) is -2.83. The predicted molar refractivity (Wildman–Crippen MR) is 74.5 cm³/mol. The summed E-state index contributed by atoms with van der Waals surface area (Å²) in [5.41, 5.74) is -1.03. The first-order chi connectivity index (χ1) is 10.6. The zero-order valence-electron chi connectivity index (χ0n) is 11.6. The van der Waals surface area contributed by atoms with E-state index in [2.05, 4.69) is 15.3 Å². The number of carbonyl (C=O) groups excluding carboxylic acids is 1. The Balaban J connectivity index is 2.19. The van der Waals surface area contributed by atoms with Gasteiger partial charge in [-0.3, -0.25) is 4.79 Å². The number of carbonyl (C=O) groups is 1. The zero-order chi connectivity index (χ0) is 17.3. The first-order valence-electron chi connectivity index (χ1n) is 6.09. The van der Waals surface area contributed by atoms with Crippen molar-refractivity contribution in [1.82, 2.24) is 9.97 Å². The predicted octanol–water partition coefficient (Wildman–Crippen LogP) is 2.15. The second-order valence-electron chi connectivity index (χ2n) is 4.51. The summed E-state index contributed by atoms with van der Waals surface area (Å²) in [6, 6.07) is 5.79. The third-order valence-electron chi connectivity index (χ3n) is 2.69. The van der Waals surface area contributed by atoms with Crippen LogP contribution >= 0.6 is 0 Å². The number of nitrogens with zero attached hydrogens (tertiary/aromatic N) is 2. The molecular weight excluding hydrogens is 335 g/mol. The van der Waals surface area contributed by atoms with Gasteiger partial charge >= 0.3 is 6.18 Å². The molecule has 1 amide bonds. The van der Waals surface area contributed by atoms with Crippen LogP contribution in [-0.2, 0) is 16.0 Å². The summed E-state index contributed by atoms with van der Waals surface area (Å²) in [7, 11) is -3.38. The molecule has 0 aliphatic heterocycles. The van der Waals surface area contributed by atoms with E-state index in [0.717, 1.165) is 12.5 Å². The minimum atomic E-state index is -4.69. The second kappa shape index (κ2) is 5.95. The maximum atomic E-state index is 12.5. The van der Waals surface area contributed by atoms with Gasteiger partial charge in [0.05, 0.1) is 4.90 Å². The summed E-state index contributed by atoms with van der Waals surface area (Å²) >= 11 is 0. The molecule has 0 bridgehead atoms. The molecule has 10 heteroatoms. The number of hydrogen-bond acceptors (Lipinski definition) is 5. The average molecular weight is 345 g/mol. The number of benzene rings is 1. The van der Waals surface area contributed by atoms with Gasteiger partial charge in [0.15, 0.2) is 9.84 Å². The molecule has 0 aliphatic rings. The summed E-state index contributed by atoms with van der Waals surface area (Å²) in [4.78, 5) is 18.5. The van der Waals surface area contributed by atoms with E-state index in [0.29, 0.717) is 6.07 Å². The van der Waals surface area contributed by atoms with Gasteiger partial charge in [-0.2, -0.15) is 13.2 Å². The Hall–Kier alpha value is -2.49. The third kappa shape index (κ3) is 4.25. The lowest BCUT2D eigenvalue weighted by molar-refractivity contribution is -0.141. The van der Waals surface area contributed by atoms with E-state index >= 15 is 0 Å². The van der Waals surface area contributed by atoms with Gasteiger partial charge in [0.2, 0.25) is 5.82 Å². The number of sulfone groups is 1. The van der Waals surface area contributed by atoms with E-state index in [9.17, 15) is 26.4 Å². The number of amides is 1. The lowest BCUT2D eigenvalue weighted by Crippen LogP contribution is -2.18. The number of alkyl halides is 3. The number of aromatic nitrogens is 2. The molecular formula is C13H10F3N3O3S. The molecule has 23 heavy (non-hydrogen) atoms. The molecule has 6 nitrogen and oxygen atoms in total. The molecule has 0 aliphatic carbocycles. The topological polar surface area (TPSA) is 89.0 Å². The van der Waals surface area contributed by atoms with Crippen LogP contribution in [0.4, 0.5) is 18.9 Å². The molecule has 0 radical (unpaired) electrons. The minimum absolute atomic E-state index is 0.0471.